The van der Waals surface area contributed by atoms with Crippen molar-refractivity contribution in [2.45, 2.75) is 56.5 Å². The predicted octanol–water partition coefficient (Wildman–Crippen LogP) is 3.86. The highest BCUT2D eigenvalue weighted by molar-refractivity contribution is 7.91. The molecular formula is C26H28N2O6S. The summed E-state index contributed by atoms with van der Waals surface area (Å²) < 4.78 is 33.9. The number of carbonyl (C=O) groups excluding carboxylic acids is 1. The smallest absolute Gasteiger partial charge is 0.323 e. The molecule has 2 heterocycles. The summed E-state index contributed by atoms with van der Waals surface area (Å²) in [5, 5.41) is 9.40. The molecule has 4 rings (SSSR count). The highest BCUT2D eigenvalue weighted by Crippen LogP contribution is 2.40. The standard InChI is InChI=1S/C26H28N2O6S/c1-16-20(24-21(28(16)15-23(30)31)13-26(2,3)14-22(24)29)11-17-7-6-10-27-25(17)35(32,33)19-9-5-8-18(12-19)34-4/h5-10,12H,11,13-15H2,1-4H3,(H,30,31). The zero-order valence-electron chi connectivity index (χ0n) is 20.2. The minimum atomic E-state index is -3.98. The molecular weight excluding hydrogens is 468 g/mol. The first-order valence-electron chi connectivity index (χ1n) is 11.2. The maximum absolute atomic E-state index is 13.5. The molecule has 0 fully saturated rings. The molecule has 0 atom stereocenters. The highest BCUT2D eigenvalue weighted by Gasteiger charge is 2.37. The van der Waals surface area contributed by atoms with E-state index in [-0.39, 0.29) is 34.1 Å². The van der Waals surface area contributed by atoms with Gasteiger partial charge in [0.15, 0.2) is 10.8 Å². The topological polar surface area (TPSA) is 116 Å². The molecule has 0 unspecified atom stereocenters. The second-order valence-corrected chi connectivity index (χ2v) is 11.5. The lowest BCUT2D eigenvalue weighted by Crippen LogP contribution is -2.29. The number of sulfone groups is 1. The van der Waals surface area contributed by atoms with Gasteiger partial charge >= 0.3 is 5.97 Å². The van der Waals surface area contributed by atoms with E-state index in [0.29, 0.717) is 46.7 Å². The van der Waals surface area contributed by atoms with Crippen LogP contribution in [0, 0.1) is 12.3 Å². The Morgan fingerprint density at radius 2 is 1.94 bits per heavy atom. The molecule has 0 saturated heterocycles. The molecule has 2 aromatic heterocycles. The molecule has 1 aliphatic rings. The number of carbonyl (C=O) groups is 2. The van der Waals surface area contributed by atoms with Crippen molar-refractivity contribution in [1.82, 2.24) is 9.55 Å². The first-order valence-corrected chi connectivity index (χ1v) is 12.7. The third kappa shape index (κ3) is 4.60. The number of carboxylic acid groups (broad SMARTS) is 1. The van der Waals surface area contributed by atoms with Crippen LogP contribution in [-0.2, 0) is 34.0 Å². The van der Waals surface area contributed by atoms with Crippen LogP contribution in [0.2, 0.25) is 0 Å². The number of carboxylic acids is 1. The Balaban J connectivity index is 1.85. The molecule has 184 valence electrons. The number of aromatic nitrogens is 2. The van der Waals surface area contributed by atoms with E-state index in [9.17, 15) is 23.1 Å². The van der Waals surface area contributed by atoms with Gasteiger partial charge < -0.3 is 14.4 Å². The van der Waals surface area contributed by atoms with E-state index >= 15 is 0 Å². The molecule has 0 amide bonds. The normalized spacial score (nSPS) is 15.0. The van der Waals surface area contributed by atoms with E-state index < -0.39 is 15.8 Å². The number of hydrogen-bond donors (Lipinski definition) is 1. The van der Waals surface area contributed by atoms with E-state index in [4.69, 9.17) is 4.74 Å². The van der Waals surface area contributed by atoms with Crippen LogP contribution in [0.5, 0.6) is 5.75 Å². The Bertz CT molecular complexity index is 1440. The van der Waals surface area contributed by atoms with Crippen LogP contribution in [-0.4, -0.2) is 41.9 Å². The Morgan fingerprint density at radius 3 is 2.63 bits per heavy atom. The summed E-state index contributed by atoms with van der Waals surface area (Å²) in [4.78, 5) is 29.1. The van der Waals surface area contributed by atoms with Gasteiger partial charge in [0.25, 0.3) is 0 Å². The summed E-state index contributed by atoms with van der Waals surface area (Å²) in [5.41, 5.74) is 2.65. The van der Waals surface area contributed by atoms with Gasteiger partial charge in [0.2, 0.25) is 9.84 Å². The number of hydrogen-bond acceptors (Lipinski definition) is 6. The first-order chi connectivity index (χ1) is 16.4. The van der Waals surface area contributed by atoms with Gasteiger partial charge in [-0.05, 0) is 54.2 Å². The van der Waals surface area contributed by atoms with Crippen molar-refractivity contribution in [3.8, 4) is 5.75 Å². The zero-order chi connectivity index (χ0) is 25.5. The van der Waals surface area contributed by atoms with E-state index in [1.54, 1.807) is 35.8 Å². The van der Waals surface area contributed by atoms with Gasteiger partial charge in [0, 0.05) is 36.0 Å². The molecule has 35 heavy (non-hydrogen) atoms. The number of fused-ring (bicyclic) bond motifs is 1. The SMILES string of the molecule is COc1cccc(S(=O)(=O)c2ncccc2Cc2c3c(n(CC(=O)O)c2C)CC(C)(C)CC3=O)c1. The van der Waals surface area contributed by atoms with Gasteiger partial charge in [-0.3, -0.25) is 9.59 Å². The lowest BCUT2D eigenvalue weighted by Gasteiger charge is -2.30. The Labute approximate surface area is 204 Å². The van der Waals surface area contributed by atoms with Crippen molar-refractivity contribution in [3.63, 3.8) is 0 Å². The highest BCUT2D eigenvalue weighted by atomic mass is 32.2. The van der Waals surface area contributed by atoms with Crippen LogP contribution < -0.4 is 4.74 Å². The molecule has 3 aromatic rings. The predicted molar refractivity (Wildman–Crippen MR) is 129 cm³/mol. The molecule has 0 saturated carbocycles. The number of methoxy groups -OCH3 is 1. The van der Waals surface area contributed by atoms with Crippen molar-refractivity contribution >= 4 is 21.6 Å². The van der Waals surface area contributed by atoms with Gasteiger partial charge in [-0.15, -0.1) is 0 Å². The quantitative estimate of drug-likeness (QED) is 0.528. The Kier molecular flexibility index (Phi) is 6.31. The van der Waals surface area contributed by atoms with Crippen LogP contribution in [0.3, 0.4) is 0 Å². The van der Waals surface area contributed by atoms with Crippen LogP contribution >= 0.6 is 0 Å². The molecule has 8 nitrogen and oxygen atoms in total. The van der Waals surface area contributed by atoms with Crippen molar-refractivity contribution in [1.29, 1.82) is 0 Å². The summed E-state index contributed by atoms with van der Waals surface area (Å²) in [6, 6.07) is 9.51. The molecule has 0 bridgehead atoms. The number of benzene rings is 1. The van der Waals surface area contributed by atoms with E-state index in [1.807, 2.05) is 13.8 Å². The van der Waals surface area contributed by atoms with Crippen molar-refractivity contribution < 1.29 is 27.9 Å². The average molecular weight is 497 g/mol. The summed E-state index contributed by atoms with van der Waals surface area (Å²) in [6.07, 6.45) is 2.46. The summed E-state index contributed by atoms with van der Waals surface area (Å²) in [5.74, 6) is -0.650. The van der Waals surface area contributed by atoms with E-state index in [0.717, 1.165) is 0 Å². The maximum Gasteiger partial charge on any atom is 0.323 e. The van der Waals surface area contributed by atoms with Gasteiger partial charge in [-0.25, -0.2) is 13.4 Å². The fourth-order valence-electron chi connectivity index (χ4n) is 4.84. The van der Waals surface area contributed by atoms with Crippen molar-refractivity contribution in [3.05, 3.63) is 70.7 Å². The van der Waals surface area contributed by atoms with Crippen LogP contribution in [0.1, 0.15) is 53.1 Å². The van der Waals surface area contributed by atoms with Gasteiger partial charge in [-0.1, -0.05) is 26.0 Å². The molecule has 0 radical (unpaired) electrons. The third-order valence-electron chi connectivity index (χ3n) is 6.44. The zero-order valence-corrected chi connectivity index (χ0v) is 21.0. The molecule has 0 aliphatic heterocycles. The molecule has 1 aromatic carbocycles. The molecule has 1 aliphatic carbocycles. The second-order valence-electron chi connectivity index (χ2n) is 9.63. The van der Waals surface area contributed by atoms with Gasteiger partial charge in [0.05, 0.1) is 12.0 Å². The van der Waals surface area contributed by atoms with Crippen LogP contribution in [0.25, 0.3) is 0 Å². The summed E-state index contributed by atoms with van der Waals surface area (Å²) in [6.45, 7) is 5.49. The maximum atomic E-state index is 13.5. The minimum absolute atomic E-state index is 0.0526. The lowest BCUT2D eigenvalue weighted by atomic mass is 9.75. The summed E-state index contributed by atoms with van der Waals surface area (Å²) >= 11 is 0. The van der Waals surface area contributed by atoms with Gasteiger partial charge in [0.1, 0.15) is 12.3 Å². The number of ether oxygens (including phenoxy) is 1. The molecule has 0 spiro atoms. The minimum Gasteiger partial charge on any atom is -0.497 e. The summed E-state index contributed by atoms with van der Waals surface area (Å²) in [7, 11) is -2.52. The molecule has 1 N–H and O–H groups in total. The van der Waals surface area contributed by atoms with Gasteiger partial charge in [-0.2, -0.15) is 0 Å². The number of rotatable bonds is 7. The van der Waals surface area contributed by atoms with Crippen molar-refractivity contribution in [2.75, 3.05) is 7.11 Å². The molecule has 9 heteroatoms. The number of ketones is 1. The van der Waals surface area contributed by atoms with Crippen molar-refractivity contribution in [2.24, 2.45) is 5.41 Å². The Morgan fingerprint density at radius 1 is 1.20 bits per heavy atom. The fraction of sp³-hybridized carbons (Fsp3) is 0.346. The average Bonchev–Trinajstić information content (AvgIpc) is 3.04. The van der Waals surface area contributed by atoms with E-state index in [1.165, 1.54) is 25.4 Å². The number of Topliss-reactive ketones (excluding diaryl/α,β-unsaturated/α-hetero) is 1. The lowest BCUT2D eigenvalue weighted by molar-refractivity contribution is -0.137. The number of pyridine rings is 1. The third-order valence-corrected chi connectivity index (χ3v) is 8.19. The first kappa shape index (κ1) is 24.7. The Hall–Kier alpha value is -3.46. The van der Waals surface area contributed by atoms with E-state index in [2.05, 4.69) is 4.98 Å². The van der Waals surface area contributed by atoms with Crippen LogP contribution in [0.15, 0.2) is 52.5 Å². The number of nitrogens with zero attached hydrogens (tertiary/aromatic N) is 2. The van der Waals surface area contributed by atoms with Crippen LogP contribution in [0.4, 0.5) is 0 Å². The largest absolute Gasteiger partial charge is 0.497 e. The second kappa shape index (κ2) is 8.96. The monoisotopic (exact) mass is 496 g/mol. The fourth-order valence-corrected chi connectivity index (χ4v) is 6.28. The number of aliphatic carboxylic acids is 1.